The fourth-order valence-electron chi connectivity index (χ4n) is 4.57. The summed E-state index contributed by atoms with van der Waals surface area (Å²) >= 11 is 7.57. The number of hydrogen-bond donors (Lipinski definition) is 2. The maximum Gasteiger partial charge on any atom is 0.141 e. The van der Waals surface area contributed by atoms with E-state index in [1.165, 1.54) is 32.1 Å². The van der Waals surface area contributed by atoms with Crippen molar-refractivity contribution in [2.24, 2.45) is 0 Å². The van der Waals surface area contributed by atoms with Gasteiger partial charge in [0.1, 0.15) is 11.6 Å². The monoisotopic (exact) mass is 544 g/mol. The molecule has 4 heterocycles. The summed E-state index contributed by atoms with van der Waals surface area (Å²) in [6.45, 7) is 3.83. The number of pyridine rings is 3. The molecule has 2 N–H and O–H groups in total. The van der Waals surface area contributed by atoms with E-state index in [4.69, 9.17) is 4.98 Å². The Hall–Kier alpha value is -1.77. The maximum atomic E-state index is 5.16. The van der Waals surface area contributed by atoms with Crippen molar-refractivity contribution in [1.29, 1.82) is 0 Å². The lowest BCUT2D eigenvalue weighted by Gasteiger charge is -2.30. The van der Waals surface area contributed by atoms with Crippen molar-refractivity contribution < 1.29 is 0 Å². The maximum absolute atomic E-state index is 5.16. The minimum Gasteiger partial charge on any atom is -0.366 e. The van der Waals surface area contributed by atoms with Crippen molar-refractivity contribution >= 4 is 54.3 Å². The topological polar surface area (TPSA) is 66.0 Å². The normalized spacial score (nSPS) is 17.8. The molecule has 3 aromatic rings. The molecule has 1 saturated heterocycles. The van der Waals surface area contributed by atoms with Gasteiger partial charge in [-0.15, -0.1) is 0 Å². The molecule has 0 spiro atoms. The first-order valence-electron chi connectivity index (χ1n) is 11.0. The van der Waals surface area contributed by atoms with E-state index in [1.54, 1.807) is 0 Å². The largest absolute Gasteiger partial charge is 0.366 e. The highest BCUT2D eigenvalue weighted by Gasteiger charge is 2.22. The van der Waals surface area contributed by atoms with Crippen molar-refractivity contribution in [3.8, 4) is 11.3 Å². The zero-order valence-corrected chi connectivity index (χ0v) is 20.5. The SMILES string of the molecule is Brc1cnc(NC2CCCCC2)c(Br)c1-c1cc2cnccc2c(N2CCNCC2)n1. The number of aromatic nitrogens is 3. The Balaban J connectivity index is 1.59. The molecule has 5 rings (SSSR count). The molecule has 3 aromatic heterocycles. The van der Waals surface area contributed by atoms with Crippen molar-refractivity contribution in [3.63, 3.8) is 0 Å². The van der Waals surface area contributed by atoms with Crippen LogP contribution in [0.15, 0.2) is 39.7 Å². The van der Waals surface area contributed by atoms with Crippen LogP contribution in [0.3, 0.4) is 0 Å². The average molecular weight is 546 g/mol. The van der Waals surface area contributed by atoms with Crippen LogP contribution in [0.25, 0.3) is 22.0 Å². The Kier molecular flexibility index (Phi) is 6.39. The minimum absolute atomic E-state index is 0.483. The van der Waals surface area contributed by atoms with Crippen LogP contribution in [-0.4, -0.2) is 47.2 Å². The summed E-state index contributed by atoms with van der Waals surface area (Å²) < 4.78 is 1.88. The van der Waals surface area contributed by atoms with Crippen LogP contribution in [0.4, 0.5) is 11.6 Å². The average Bonchev–Trinajstić information content (AvgIpc) is 2.82. The van der Waals surface area contributed by atoms with Gasteiger partial charge in [0.2, 0.25) is 0 Å². The van der Waals surface area contributed by atoms with E-state index in [1.807, 2.05) is 18.6 Å². The number of nitrogens with zero attached hydrogens (tertiary/aromatic N) is 4. The van der Waals surface area contributed by atoms with Gasteiger partial charge in [0.25, 0.3) is 0 Å². The fourth-order valence-corrected chi connectivity index (χ4v) is 5.97. The lowest BCUT2D eigenvalue weighted by atomic mass is 9.95. The van der Waals surface area contributed by atoms with E-state index >= 15 is 0 Å². The third kappa shape index (κ3) is 4.43. The van der Waals surface area contributed by atoms with Crippen molar-refractivity contribution in [2.45, 2.75) is 38.1 Å². The van der Waals surface area contributed by atoms with Crippen molar-refractivity contribution in [3.05, 3.63) is 39.7 Å². The van der Waals surface area contributed by atoms with Gasteiger partial charge in [-0.2, -0.15) is 0 Å². The minimum atomic E-state index is 0.483. The van der Waals surface area contributed by atoms with Gasteiger partial charge in [-0.25, -0.2) is 9.97 Å². The van der Waals surface area contributed by atoms with E-state index in [2.05, 4.69) is 69.5 Å². The lowest BCUT2D eigenvalue weighted by Crippen LogP contribution is -2.44. The first-order chi connectivity index (χ1) is 15.2. The standard InChI is InChI=1S/C23H26Br2N6/c24-18-14-28-22(29-16-4-2-1-3-5-16)21(25)20(18)19-12-15-13-27-7-6-17(15)23(30-19)31-10-8-26-9-11-31/h6-7,12-14,16,26H,1-5,8-11H2,(H,28,29). The molecule has 2 fully saturated rings. The Morgan fingerprint density at radius 1 is 1.06 bits per heavy atom. The smallest absolute Gasteiger partial charge is 0.141 e. The van der Waals surface area contributed by atoms with Gasteiger partial charge in [0.05, 0.1) is 10.2 Å². The third-order valence-electron chi connectivity index (χ3n) is 6.20. The Morgan fingerprint density at radius 3 is 2.68 bits per heavy atom. The fraction of sp³-hybridized carbons (Fsp3) is 0.435. The van der Waals surface area contributed by atoms with Gasteiger partial charge in [0.15, 0.2) is 0 Å². The molecule has 0 unspecified atom stereocenters. The summed E-state index contributed by atoms with van der Waals surface area (Å²) in [5.41, 5.74) is 1.94. The van der Waals surface area contributed by atoms with Gasteiger partial charge >= 0.3 is 0 Å². The molecule has 0 radical (unpaired) electrons. The second-order valence-electron chi connectivity index (χ2n) is 8.29. The highest BCUT2D eigenvalue weighted by Crippen LogP contribution is 2.40. The van der Waals surface area contributed by atoms with Gasteiger partial charge in [-0.3, -0.25) is 4.98 Å². The Labute approximate surface area is 199 Å². The molecule has 1 saturated carbocycles. The van der Waals surface area contributed by atoms with Gasteiger partial charge in [0, 0.05) is 71.6 Å². The summed E-state index contributed by atoms with van der Waals surface area (Å²) in [6, 6.07) is 4.68. The van der Waals surface area contributed by atoms with Crippen LogP contribution in [0.5, 0.6) is 0 Å². The van der Waals surface area contributed by atoms with Crippen LogP contribution in [0.1, 0.15) is 32.1 Å². The molecule has 1 aliphatic heterocycles. The number of halogens is 2. The Bertz CT molecular complexity index is 1080. The Morgan fingerprint density at radius 2 is 1.87 bits per heavy atom. The summed E-state index contributed by atoms with van der Waals surface area (Å²) in [4.78, 5) is 16.6. The van der Waals surface area contributed by atoms with E-state index in [0.29, 0.717) is 6.04 Å². The molecule has 6 nitrogen and oxygen atoms in total. The van der Waals surface area contributed by atoms with Crippen LogP contribution in [0.2, 0.25) is 0 Å². The molecule has 1 aliphatic carbocycles. The van der Waals surface area contributed by atoms with E-state index in [0.717, 1.165) is 68.8 Å². The third-order valence-corrected chi connectivity index (χ3v) is 7.58. The van der Waals surface area contributed by atoms with Crippen LogP contribution in [-0.2, 0) is 0 Å². The van der Waals surface area contributed by atoms with Gasteiger partial charge < -0.3 is 15.5 Å². The number of anilines is 2. The quantitative estimate of drug-likeness (QED) is 0.459. The van der Waals surface area contributed by atoms with E-state index < -0.39 is 0 Å². The zero-order valence-electron chi connectivity index (χ0n) is 17.4. The second kappa shape index (κ2) is 9.38. The zero-order chi connectivity index (χ0) is 21.2. The lowest BCUT2D eigenvalue weighted by molar-refractivity contribution is 0.461. The molecule has 0 amide bonds. The molecule has 0 aromatic carbocycles. The molecule has 162 valence electrons. The van der Waals surface area contributed by atoms with Crippen LogP contribution < -0.4 is 15.5 Å². The molecule has 0 atom stereocenters. The number of piperazine rings is 1. The van der Waals surface area contributed by atoms with E-state index in [9.17, 15) is 0 Å². The number of hydrogen-bond acceptors (Lipinski definition) is 6. The molecule has 31 heavy (non-hydrogen) atoms. The van der Waals surface area contributed by atoms with Crippen molar-refractivity contribution in [1.82, 2.24) is 20.3 Å². The highest BCUT2D eigenvalue weighted by molar-refractivity contribution is 9.11. The summed E-state index contributed by atoms with van der Waals surface area (Å²) in [5, 5.41) is 9.33. The number of fused-ring (bicyclic) bond motifs is 1. The van der Waals surface area contributed by atoms with Crippen molar-refractivity contribution in [2.75, 3.05) is 36.4 Å². The van der Waals surface area contributed by atoms with Crippen LogP contribution >= 0.6 is 31.9 Å². The molecule has 0 bridgehead atoms. The van der Waals surface area contributed by atoms with E-state index in [-0.39, 0.29) is 0 Å². The summed E-state index contributed by atoms with van der Waals surface area (Å²) in [5.74, 6) is 1.91. The summed E-state index contributed by atoms with van der Waals surface area (Å²) in [7, 11) is 0. The predicted octanol–water partition coefficient (Wildman–Crippen LogP) is 5.37. The molecular formula is C23H26Br2N6. The predicted molar refractivity (Wildman–Crippen MR) is 134 cm³/mol. The first-order valence-corrected chi connectivity index (χ1v) is 12.6. The van der Waals surface area contributed by atoms with Gasteiger partial charge in [-0.1, -0.05) is 19.3 Å². The summed E-state index contributed by atoms with van der Waals surface area (Å²) in [6.07, 6.45) is 12.0. The number of nitrogens with one attached hydrogen (secondary N) is 2. The first kappa shape index (κ1) is 21.1. The number of rotatable bonds is 4. The molecular weight excluding hydrogens is 520 g/mol. The molecule has 2 aliphatic rings. The second-order valence-corrected chi connectivity index (χ2v) is 9.94. The van der Waals surface area contributed by atoms with Gasteiger partial charge in [-0.05, 0) is 56.8 Å². The van der Waals surface area contributed by atoms with Crippen LogP contribution in [0, 0.1) is 0 Å². The molecule has 8 heteroatoms. The highest BCUT2D eigenvalue weighted by atomic mass is 79.9.